The molecule has 3 N–H and O–H groups in total. The van der Waals surface area contributed by atoms with Gasteiger partial charge in [0.25, 0.3) is 0 Å². The van der Waals surface area contributed by atoms with Crippen molar-refractivity contribution < 1.29 is 9.90 Å². The highest BCUT2D eigenvalue weighted by Gasteiger charge is 2.22. The first kappa shape index (κ1) is 22.9. The molecule has 0 radical (unpaired) electrons. The fourth-order valence-electron chi connectivity index (χ4n) is 3.76. The molecule has 1 amide bonds. The van der Waals surface area contributed by atoms with Gasteiger partial charge in [-0.2, -0.15) is 15.2 Å². The molecule has 0 spiro atoms. The molecule has 172 valence electrons. The van der Waals surface area contributed by atoms with Gasteiger partial charge in [0.2, 0.25) is 11.9 Å². The van der Waals surface area contributed by atoms with Crippen LogP contribution < -0.4 is 10.6 Å². The molecule has 0 bridgehead atoms. The van der Waals surface area contributed by atoms with Crippen molar-refractivity contribution in [2.24, 2.45) is 0 Å². The molecule has 1 aliphatic rings. The number of hydrogen-bond donors (Lipinski definition) is 3. The summed E-state index contributed by atoms with van der Waals surface area (Å²) in [4.78, 5) is 27.6. The van der Waals surface area contributed by atoms with Gasteiger partial charge in [-0.25, -0.2) is 4.98 Å². The molecule has 10 nitrogen and oxygen atoms in total. The van der Waals surface area contributed by atoms with E-state index in [2.05, 4.69) is 47.6 Å². The highest BCUT2D eigenvalue weighted by molar-refractivity contribution is 9.10. The number of hydrogen-bond acceptors (Lipinski definition) is 8. The van der Waals surface area contributed by atoms with Crippen molar-refractivity contribution in [3.8, 4) is 6.07 Å². The zero-order chi connectivity index (χ0) is 23.5. The summed E-state index contributed by atoms with van der Waals surface area (Å²) < 4.78 is 2.46. The highest BCUT2D eigenvalue weighted by atomic mass is 79.9. The van der Waals surface area contributed by atoms with Crippen LogP contribution in [0.3, 0.4) is 0 Å². The molecule has 1 fully saturated rings. The number of aromatic nitrogens is 4. The van der Waals surface area contributed by atoms with Gasteiger partial charge in [0.05, 0.1) is 24.1 Å². The van der Waals surface area contributed by atoms with Crippen LogP contribution in [0.2, 0.25) is 0 Å². The first-order valence-electron chi connectivity index (χ1n) is 10.7. The smallest absolute Gasteiger partial charge is 0.242 e. The number of nitriles is 1. The lowest BCUT2D eigenvalue weighted by Gasteiger charge is -2.26. The summed E-state index contributed by atoms with van der Waals surface area (Å²) in [6.45, 7) is 0.102. The predicted molar refractivity (Wildman–Crippen MR) is 128 cm³/mol. The third-order valence-corrected chi connectivity index (χ3v) is 6.05. The number of halogens is 1. The Hall–Kier alpha value is -3.23. The SMILES string of the molecule is CN(C)C(=O)Cn1cnc2c(Nc3cc(Br)cc(C#N)c3)nc(NC3CCC(O)CC3)nc21. The Bertz CT molecular complexity index is 1210. The van der Waals surface area contributed by atoms with E-state index in [4.69, 9.17) is 0 Å². The number of benzene rings is 1. The first-order chi connectivity index (χ1) is 15.8. The van der Waals surface area contributed by atoms with E-state index < -0.39 is 0 Å². The number of aliphatic hydroxyl groups is 1. The standard InChI is InChI=1S/C22H25BrN8O2/c1-30(2)18(33)11-31-12-25-19-20(26-16-8-13(10-24)7-14(23)9-16)28-22(29-21(19)31)27-15-3-5-17(32)6-4-15/h7-9,12,15,17,32H,3-6,11H2,1-2H3,(H2,26,27,28,29). The fourth-order valence-corrected chi connectivity index (χ4v) is 4.26. The molecule has 1 aromatic carbocycles. The third kappa shape index (κ3) is 5.40. The van der Waals surface area contributed by atoms with E-state index >= 15 is 0 Å². The number of imidazole rings is 1. The van der Waals surface area contributed by atoms with Crippen LogP contribution in [0.25, 0.3) is 11.2 Å². The molecule has 2 aromatic heterocycles. The summed E-state index contributed by atoms with van der Waals surface area (Å²) in [7, 11) is 3.40. The Labute approximate surface area is 199 Å². The Morgan fingerprint density at radius 1 is 1.27 bits per heavy atom. The van der Waals surface area contributed by atoms with Crippen molar-refractivity contribution in [1.29, 1.82) is 5.26 Å². The third-order valence-electron chi connectivity index (χ3n) is 5.59. The van der Waals surface area contributed by atoms with Crippen LogP contribution in [0.5, 0.6) is 0 Å². The first-order valence-corrected chi connectivity index (χ1v) is 11.5. The lowest BCUT2D eigenvalue weighted by molar-refractivity contribution is -0.129. The van der Waals surface area contributed by atoms with Gasteiger partial charge in [0.1, 0.15) is 6.54 Å². The lowest BCUT2D eigenvalue weighted by atomic mass is 9.93. The second-order valence-electron chi connectivity index (χ2n) is 8.34. The maximum Gasteiger partial charge on any atom is 0.242 e. The van der Waals surface area contributed by atoms with Gasteiger partial charge >= 0.3 is 0 Å². The van der Waals surface area contributed by atoms with Crippen molar-refractivity contribution >= 4 is 50.5 Å². The van der Waals surface area contributed by atoms with Gasteiger partial charge < -0.3 is 25.2 Å². The van der Waals surface area contributed by atoms with Gasteiger partial charge in [0, 0.05) is 30.3 Å². The van der Waals surface area contributed by atoms with Gasteiger partial charge in [-0.05, 0) is 43.9 Å². The molecule has 2 heterocycles. The van der Waals surface area contributed by atoms with Crippen LogP contribution in [-0.2, 0) is 11.3 Å². The van der Waals surface area contributed by atoms with Gasteiger partial charge in [-0.3, -0.25) is 4.79 Å². The maximum atomic E-state index is 12.3. The molecular weight excluding hydrogens is 488 g/mol. The monoisotopic (exact) mass is 512 g/mol. The Morgan fingerprint density at radius 3 is 2.73 bits per heavy atom. The van der Waals surface area contributed by atoms with Gasteiger partial charge in [0.15, 0.2) is 17.0 Å². The second-order valence-corrected chi connectivity index (χ2v) is 9.26. The van der Waals surface area contributed by atoms with Crippen LogP contribution in [0.15, 0.2) is 29.0 Å². The van der Waals surface area contributed by atoms with E-state index in [9.17, 15) is 15.2 Å². The number of amides is 1. The summed E-state index contributed by atoms with van der Waals surface area (Å²) >= 11 is 3.43. The molecule has 33 heavy (non-hydrogen) atoms. The largest absolute Gasteiger partial charge is 0.393 e. The van der Waals surface area contributed by atoms with Crippen LogP contribution in [0.1, 0.15) is 31.2 Å². The molecule has 4 rings (SSSR count). The summed E-state index contributed by atoms with van der Waals surface area (Å²) in [6, 6.07) is 7.58. The topological polar surface area (TPSA) is 132 Å². The molecule has 3 aromatic rings. The zero-order valence-corrected chi connectivity index (χ0v) is 20.0. The maximum absolute atomic E-state index is 12.3. The van der Waals surface area contributed by atoms with E-state index in [1.807, 2.05) is 6.07 Å². The van der Waals surface area contributed by atoms with E-state index in [-0.39, 0.29) is 24.6 Å². The van der Waals surface area contributed by atoms with E-state index in [0.29, 0.717) is 34.2 Å². The van der Waals surface area contributed by atoms with Crippen LogP contribution in [0.4, 0.5) is 17.5 Å². The second kappa shape index (κ2) is 9.72. The van der Waals surface area contributed by atoms with E-state index in [0.717, 1.165) is 30.2 Å². The lowest BCUT2D eigenvalue weighted by Crippen LogP contribution is -2.29. The highest BCUT2D eigenvalue weighted by Crippen LogP contribution is 2.28. The molecule has 1 aliphatic carbocycles. The molecule has 0 atom stereocenters. The molecule has 0 unspecified atom stereocenters. The summed E-state index contributed by atoms with van der Waals surface area (Å²) in [5.41, 5.74) is 2.21. The molecule has 0 saturated heterocycles. The molecule has 0 aliphatic heterocycles. The van der Waals surface area contributed by atoms with Crippen molar-refractivity contribution in [1.82, 2.24) is 24.4 Å². The summed E-state index contributed by atoms with van der Waals surface area (Å²) in [6.07, 6.45) is 4.42. The Kier molecular flexibility index (Phi) is 6.76. The number of carbonyl (C=O) groups is 1. The zero-order valence-electron chi connectivity index (χ0n) is 18.4. The number of aliphatic hydroxyl groups excluding tert-OH is 1. The summed E-state index contributed by atoms with van der Waals surface area (Å²) in [5, 5.41) is 25.7. The van der Waals surface area contributed by atoms with E-state index in [1.165, 1.54) is 4.90 Å². The summed E-state index contributed by atoms with van der Waals surface area (Å²) in [5.74, 6) is 0.807. The Morgan fingerprint density at radius 2 is 2.03 bits per heavy atom. The average Bonchev–Trinajstić information content (AvgIpc) is 3.17. The number of nitrogens with one attached hydrogen (secondary N) is 2. The van der Waals surface area contributed by atoms with Gasteiger partial charge in [-0.1, -0.05) is 15.9 Å². The fraction of sp³-hybridized carbons (Fsp3) is 0.409. The van der Waals surface area contributed by atoms with Gasteiger partial charge in [-0.15, -0.1) is 0 Å². The number of anilines is 3. The van der Waals surface area contributed by atoms with Crippen LogP contribution >= 0.6 is 15.9 Å². The number of carbonyl (C=O) groups excluding carboxylic acids is 1. The quantitative estimate of drug-likeness (QED) is 0.459. The van der Waals surface area contributed by atoms with Crippen LogP contribution in [-0.4, -0.2) is 61.7 Å². The van der Waals surface area contributed by atoms with Crippen molar-refractivity contribution in [3.63, 3.8) is 0 Å². The molecular formula is C22H25BrN8O2. The van der Waals surface area contributed by atoms with Crippen LogP contribution in [0, 0.1) is 11.3 Å². The van der Waals surface area contributed by atoms with Crippen molar-refractivity contribution in [2.75, 3.05) is 24.7 Å². The number of likely N-dealkylation sites (N-methyl/N-ethyl adjacent to an activating group) is 1. The molecule has 1 saturated carbocycles. The number of fused-ring (bicyclic) bond motifs is 1. The minimum atomic E-state index is -0.256. The minimum absolute atomic E-state index is 0.0798. The predicted octanol–water partition coefficient (Wildman–Crippen LogP) is 3.01. The average molecular weight is 513 g/mol. The Balaban J connectivity index is 1.72. The van der Waals surface area contributed by atoms with E-state index in [1.54, 1.807) is 37.1 Å². The number of nitrogens with zero attached hydrogens (tertiary/aromatic N) is 6. The van der Waals surface area contributed by atoms with Crippen molar-refractivity contribution in [2.45, 2.75) is 44.4 Å². The number of rotatable bonds is 6. The normalized spacial score (nSPS) is 18.0. The van der Waals surface area contributed by atoms with Crippen molar-refractivity contribution in [3.05, 3.63) is 34.6 Å². The minimum Gasteiger partial charge on any atom is -0.393 e. The molecule has 11 heteroatoms.